The summed E-state index contributed by atoms with van der Waals surface area (Å²) in [7, 11) is -3.85. The Hall–Kier alpha value is 0.876. The maximum Gasteiger partial charge on any atom is 0.472 e. The van der Waals surface area contributed by atoms with E-state index in [4.69, 9.17) is 9.05 Å². The average molecular weight is 461 g/mol. The molecule has 4 nitrogen and oxygen atoms in total. The van der Waals surface area contributed by atoms with Crippen LogP contribution >= 0.6 is 7.82 Å². The van der Waals surface area contributed by atoms with Gasteiger partial charge in [-0.05, 0) is 12.8 Å². The molecule has 0 saturated heterocycles. The molecule has 1 N–H and O–H groups in total. The zero-order valence-electron chi connectivity index (χ0n) is 19.7. The van der Waals surface area contributed by atoms with Gasteiger partial charge >= 0.3 is 30.9 Å². The highest BCUT2D eigenvalue weighted by molar-refractivity contribution is 7.47. The molecule has 6 heteroatoms. The lowest BCUT2D eigenvalue weighted by Gasteiger charge is -2.12. The van der Waals surface area contributed by atoms with Gasteiger partial charge in [0.25, 0.3) is 0 Å². The van der Waals surface area contributed by atoms with Gasteiger partial charge in [-0.2, -0.15) is 0 Å². The molecule has 0 amide bonds. The molecule has 0 atom stereocenters. The lowest BCUT2D eigenvalue weighted by atomic mass is 10.1. The maximum atomic E-state index is 11.8. The van der Waals surface area contributed by atoms with Crippen molar-refractivity contribution in [3.05, 3.63) is 0 Å². The topological polar surface area (TPSA) is 55.8 Å². The first-order valence-electron chi connectivity index (χ1n) is 12.7. The fourth-order valence-corrected chi connectivity index (χ4v) is 4.37. The number of phosphoric acid groups is 1. The van der Waals surface area contributed by atoms with Gasteiger partial charge in [-0.15, -0.1) is 0 Å². The van der Waals surface area contributed by atoms with Crippen LogP contribution in [0.4, 0.5) is 0 Å². The predicted octanol–water partition coefficient (Wildman–Crippen LogP) is 8.05. The molecule has 0 aromatic carbocycles. The highest BCUT2D eigenvalue weighted by Gasteiger charge is 2.19. The van der Waals surface area contributed by atoms with Gasteiger partial charge in [0.1, 0.15) is 0 Å². The molecule has 0 aliphatic heterocycles. The largest absolute Gasteiger partial charge is 0.472 e. The molecule has 0 aromatic rings. The minimum atomic E-state index is -3.85. The Morgan fingerprint density at radius 3 is 1.00 bits per heavy atom. The van der Waals surface area contributed by atoms with E-state index in [1.54, 1.807) is 0 Å². The van der Waals surface area contributed by atoms with Crippen molar-refractivity contribution in [3.63, 3.8) is 0 Å². The summed E-state index contributed by atoms with van der Waals surface area (Å²) in [5.74, 6) is 0. The van der Waals surface area contributed by atoms with Crippen molar-refractivity contribution in [2.45, 2.75) is 142 Å². The van der Waals surface area contributed by atoms with E-state index >= 15 is 0 Å². The summed E-state index contributed by atoms with van der Waals surface area (Å²) >= 11 is 0. The molecule has 0 heterocycles. The summed E-state index contributed by atoms with van der Waals surface area (Å²) in [6.45, 7) is 5.14. The number of phosphoric ester groups is 1. The highest BCUT2D eigenvalue weighted by atomic mass is 31.2. The Balaban J connectivity index is 0. The Kier molecular flexibility index (Phi) is 28.8. The molecule has 0 radical (unpaired) electrons. The minimum Gasteiger partial charge on any atom is -0.302 e. The summed E-state index contributed by atoms with van der Waals surface area (Å²) in [6.07, 6.45) is 24.8. The molecule has 0 aromatic heterocycles. The average Bonchev–Trinajstić information content (AvgIpc) is 2.70. The molecule has 30 heavy (non-hydrogen) atoms. The maximum absolute atomic E-state index is 11.8. The number of hydrogen-bond acceptors (Lipinski definition) is 3. The van der Waals surface area contributed by atoms with Crippen molar-refractivity contribution in [2.24, 2.45) is 0 Å². The van der Waals surface area contributed by atoms with Gasteiger partial charge in [0, 0.05) is 0 Å². The summed E-state index contributed by atoms with van der Waals surface area (Å²) in [6, 6.07) is 0. The van der Waals surface area contributed by atoms with Gasteiger partial charge < -0.3 is 4.89 Å². The van der Waals surface area contributed by atoms with Crippen molar-refractivity contribution in [3.8, 4) is 0 Å². The Morgan fingerprint density at radius 2 is 0.733 bits per heavy atom. The first-order valence-corrected chi connectivity index (χ1v) is 14.2. The third-order valence-corrected chi connectivity index (χ3v) is 6.52. The van der Waals surface area contributed by atoms with Crippen LogP contribution in [-0.4, -0.2) is 41.2 Å². The molecule has 0 saturated carbocycles. The van der Waals surface area contributed by atoms with E-state index in [0.717, 1.165) is 25.7 Å². The first kappa shape index (κ1) is 33.1. The second kappa shape index (κ2) is 26.1. The summed E-state index contributed by atoms with van der Waals surface area (Å²) in [5.41, 5.74) is 0. The molecule has 0 unspecified atom stereocenters. The van der Waals surface area contributed by atoms with Crippen LogP contribution in [0, 0.1) is 0 Å². The molecule has 0 fully saturated rings. The van der Waals surface area contributed by atoms with Crippen molar-refractivity contribution in [1.82, 2.24) is 0 Å². The van der Waals surface area contributed by atoms with Gasteiger partial charge in [0.05, 0.1) is 13.2 Å². The molecule has 0 aliphatic carbocycles. The van der Waals surface area contributed by atoms with Crippen LogP contribution in [0.1, 0.15) is 142 Å². The molecule has 180 valence electrons. The minimum absolute atomic E-state index is 0. The molecule has 0 bridgehead atoms. The fraction of sp³-hybridized carbons (Fsp3) is 1.00. The molecular formula is C24H53MgO4P. The normalized spacial score (nSPS) is 11.6. The van der Waals surface area contributed by atoms with Gasteiger partial charge in [-0.1, -0.05) is 129 Å². The van der Waals surface area contributed by atoms with Gasteiger partial charge in [-0.3, -0.25) is 9.05 Å². The quantitative estimate of drug-likeness (QED) is 0.0899. The molecule has 0 spiro atoms. The lowest BCUT2D eigenvalue weighted by molar-refractivity contribution is 0.145. The predicted molar refractivity (Wildman–Crippen MR) is 134 cm³/mol. The smallest absolute Gasteiger partial charge is 0.302 e. The number of hydrogen-bond donors (Lipinski definition) is 1. The van der Waals surface area contributed by atoms with Crippen LogP contribution in [0.15, 0.2) is 0 Å². The zero-order valence-corrected chi connectivity index (χ0v) is 20.6. The standard InChI is InChI=1S/C24H51O4P.Mg.2H/c1-3-5-7-9-11-13-15-17-19-21-23-27-29(25,26)28-24-22-20-18-16-14-12-10-8-6-4-2;;;/h3-24H2,1-2H3,(H,25,26);;;. The van der Waals surface area contributed by atoms with Crippen molar-refractivity contribution >= 4 is 30.9 Å². The van der Waals surface area contributed by atoms with E-state index < -0.39 is 7.82 Å². The Morgan fingerprint density at radius 1 is 0.500 bits per heavy atom. The van der Waals surface area contributed by atoms with E-state index in [1.165, 1.54) is 103 Å². The SMILES string of the molecule is CCCCCCCCCCCCOP(=O)(O)OCCCCCCCCCCCC.[MgH2]. The van der Waals surface area contributed by atoms with Crippen molar-refractivity contribution in [2.75, 3.05) is 13.2 Å². The van der Waals surface area contributed by atoms with Gasteiger partial charge in [-0.25, -0.2) is 4.57 Å². The van der Waals surface area contributed by atoms with Gasteiger partial charge in [0.2, 0.25) is 0 Å². The second-order valence-corrected chi connectivity index (χ2v) is 9.95. The summed E-state index contributed by atoms with van der Waals surface area (Å²) in [4.78, 5) is 9.71. The van der Waals surface area contributed by atoms with Crippen molar-refractivity contribution in [1.29, 1.82) is 0 Å². The zero-order chi connectivity index (χ0) is 21.5. The van der Waals surface area contributed by atoms with E-state index in [-0.39, 0.29) is 23.1 Å². The fourth-order valence-electron chi connectivity index (χ4n) is 3.58. The highest BCUT2D eigenvalue weighted by Crippen LogP contribution is 2.43. The molecule has 0 aliphatic rings. The third kappa shape index (κ3) is 26.9. The van der Waals surface area contributed by atoms with E-state index in [1.807, 2.05) is 0 Å². The van der Waals surface area contributed by atoms with Crippen molar-refractivity contribution < 1.29 is 18.5 Å². The van der Waals surface area contributed by atoms with Crippen LogP contribution < -0.4 is 0 Å². The van der Waals surface area contributed by atoms with Crippen LogP contribution in [0.2, 0.25) is 0 Å². The molecule has 0 rings (SSSR count). The first-order chi connectivity index (χ1) is 14.1. The van der Waals surface area contributed by atoms with Crippen LogP contribution in [0.3, 0.4) is 0 Å². The third-order valence-electron chi connectivity index (χ3n) is 5.50. The number of rotatable bonds is 24. The number of unbranched alkanes of at least 4 members (excludes halogenated alkanes) is 18. The van der Waals surface area contributed by atoms with Crippen LogP contribution in [0.25, 0.3) is 0 Å². The molecular weight excluding hydrogens is 408 g/mol. The second-order valence-electron chi connectivity index (χ2n) is 8.50. The Bertz CT molecular complexity index is 339. The van der Waals surface area contributed by atoms with E-state index in [9.17, 15) is 9.46 Å². The lowest BCUT2D eigenvalue weighted by Crippen LogP contribution is -1.99. The monoisotopic (exact) mass is 460 g/mol. The van der Waals surface area contributed by atoms with E-state index in [2.05, 4.69) is 13.8 Å². The summed E-state index contributed by atoms with van der Waals surface area (Å²) in [5, 5.41) is 0. The van der Waals surface area contributed by atoms with E-state index in [0.29, 0.717) is 13.2 Å². The van der Waals surface area contributed by atoms with Crippen LogP contribution in [0.5, 0.6) is 0 Å². The summed E-state index contributed by atoms with van der Waals surface area (Å²) < 4.78 is 22.0. The van der Waals surface area contributed by atoms with Crippen LogP contribution in [-0.2, 0) is 13.6 Å². The Labute approximate surface area is 204 Å². The van der Waals surface area contributed by atoms with Gasteiger partial charge in [0.15, 0.2) is 0 Å².